The predicted octanol–water partition coefficient (Wildman–Crippen LogP) is 6.66. The number of benzene rings is 1. The zero-order valence-electron chi connectivity index (χ0n) is 15.3. The Hall–Kier alpha value is -2.26. The summed E-state index contributed by atoms with van der Waals surface area (Å²) < 4.78 is 147. The quantitative estimate of drug-likeness (QED) is 0.490. The summed E-state index contributed by atoms with van der Waals surface area (Å²) in [5.74, 6) is -29.2. The lowest BCUT2D eigenvalue weighted by atomic mass is 9.64. The van der Waals surface area contributed by atoms with Crippen molar-refractivity contribution in [2.24, 2.45) is 5.41 Å². The predicted molar refractivity (Wildman–Crippen MR) is 83.2 cm³/mol. The van der Waals surface area contributed by atoms with Crippen molar-refractivity contribution in [3.05, 3.63) is 29.8 Å². The largest absolute Gasteiger partial charge is 0.508 e. The van der Waals surface area contributed by atoms with Crippen LogP contribution in [0.1, 0.15) is 37.2 Å². The number of hydrogen-bond acceptors (Lipinski definition) is 2. The first kappa shape index (κ1) is 25.0. The third kappa shape index (κ3) is 3.57. The highest BCUT2D eigenvalue weighted by Crippen LogP contribution is 2.63. The molecule has 1 N–H and O–H groups in total. The van der Waals surface area contributed by atoms with Gasteiger partial charge < -0.3 is 5.11 Å². The number of hydrogen-bond donors (Lipinski definition) is 1. The third-order valence-electron chi connectivity index (χ3n) is 5.56. The SMILES string of the molecule is N#CC1(C(F)(F)C(F)(F)C(F)(F)C(F)(F)C(F)(F)F)CCC(c2ccc(O)cc2)CC1. The molecule has 2 nitrogen and oxygen atoms in total. The van der Waals surface area contributed by atoms with Crippen molar-refractivity contribution in [3.63, 3.8) is 0 Å². The molecule has 1 aromatic rings. The number of nitrogens with zero attached hydrogens (tertiary/aromatic N) is 1. The summed E-state index contributed by atoms with van der Waals surface area (Å²) in [6.07, 6.45) is -10.4. The van der Waals surface area contributed by atoms with Crippen molar-refractivity contribution in [2.45, 2.75) is 61.5 Å². The molecular formula is C18H14F11NO. The van der Waals surface area contributed by atoms with Crippen LogP contribution in [0.3, 0.4) is 0 Å². The van der Waals surface area contributed by atoms with E-state index in [1.165, 1.54) is 24.3 Å². The third-order valence-corrected chi connectivity index (χ3v) is 5.56. The molecule has 1 saturated carbocycles. The molecule has 0 unspecified atom stereocenters. The number of halogens is 11. The van der Waals surface area contributed by atoms with E-state index in [-0.39, 0.29) is 5.75 Å². The molecule has 0 aliphatic heterocycles. The Labute approximate surface area is 168 Å². The molecule has 0 atom stereocenters. The lowest BCUT2D eigenvalue weighted by Crippen LogP contribution is -2.69. The van der Waals surface area contributed by atoms with E-state index in [1.54, 1.807) is 0 Å². The molecule has 0 heterocycles. The monoisotopic (exact) mass is 469 g/mol. The average molecular weight is 469 g/mol. The van der Waals surface area contributed by atoms with Gasteiger partial charge >= 0.3 is 29.9 Å². The van der Waals surface area contributed by atoms with E-state index in [0.29, 0.717) is 5.56 Å². The molecule has 0 bridgehead atoms. The van der Waals surface area contributed by atoms with Crippen molar-refractivity contribution >= 4 is 0 Å². The summed E-state index contributed by atoms with van der Waals surface area (Å²) in [6.45, 7) is 0. The van der Waals surface area contributed by atoms with E-state index in [2.05, 4.69) is 0 Å². The Morgan fingerprint density at radius 3 is 1.61 bits per heavy atom. The van der Waals surface area contributed by atoms with Crippen LogP contribution in [0.15, 0.2) is 24.3 Å². The molecule has 31 heavy (non-hydrogen) atoms. The van der Waals surface area contributed by atoms with Gasteiger partial charge in [-0.1, -0.05) is 12.1 Å². The summed E-state index contributed by atoms with van der Waals surface area (Å²) in [6, 6.07) is 5.96. The molecule has 1 aliphatic rings. The summed E-state index contributed by atoms with van der Waals surface area (Å²) in [7, 11) is 0. The zero-order chi connectivity index (χ0) is 24.1. The molecule has 174 valence electrons. The molecule has 0 saturated heterocycles. The minimum Gasteiger partial charge on any atom is -0.508 e. The van der Waals surface area contributed by atoms with Gasteiger partial charge in [-0.2, -0.15) is 53.6 Å². The maximum absolute atomic E-state index is 14.6. The smallest absolute Gasteiger partial charge is 0.460 e. The second-order valence-electron chi connectivity index (χ2n) is 7.36. The van der Waals surface area contributed by atoms with Crippen molar-refractivity contribution < 1.29 is 53.4 Å². The number of phenols is 1. The number of nitriles is 1. The Bertz CT molecular complexity index is 832. The molecule has 0 aromatic heterocycles. The van der Waals surface area contributed by atoms with Gasteiger partial charge in [-0.25, -0.2) is 0 Å². The highest BCUT2D eigenvalue weighted by atomic mass is 19.4. The molecule has 0 amide bonds. The van der Waals surface area contributed by atoms with Gasteiger partial charge in [0.25, 0.3) is 0 Å². The first-order valence-corrected chi connectivity index (χ1v) is 8.66. The van der Waals surface area contributed by atoms with Crippen LogP contribution in [-0.4, -0.2) is 35.0 Å². The topological polar surface area (TPSA) is 44.0 Å². The van der Waals surface area contributed by atoms with Gasteiger partial charge in [-0.3, -0.25) is 0 Å². The van der Waals surface area contributed by atoms with E-state index in [1.807, 2.05) is 0 Å². The minimum absolute atomic E-state index is 0.148. The van der Waals surface area contributed by atoms with E-state index < -0.39 is 66.9 Å². The molecule has 13 heteroatoms. The summed E-state index contributed by atoms with van der Waals surface area (Å²) >= 11 is 0. The van der Waals surface area contributed by atoms with Crippen LogP contribution >= 0.6 is 0 Å². The Morgan fingerprint density at radius 1 is 0.774 bits per heavy atom. The van der Waals surface area contributed by atoms with Crippen LogP contribution in [0.25, 0.3) is 0 Å². The van der Waals surface area contributed by atoms with Crippen molar-refractivity contribution in [1.29, 1.82) is 5.26 Å². The van der Waals surface area contributed by atoms with Gasteiger partial charge in [0.05, 0.1) is 6.07 Å². The lowest BCUT2D eigenvalue weighted by molar-refractivity contribution is -0.431. The van der Waals surface area contributed by atoms with Crippen LogP contribution in [0, 0.1) is 16.7 Å². The summed E-state index contributed by atoms with van der Waals surface area (Å²) in [5, 5.41) is 18.3. The van der Waals surface area contributed by atoms with E-state index in [0.717, 1.165) is 6.07 Å². The second kappa shape index (κ2) is 7.41. The normalized spacial score (nSPS) is 24.0. The summed E-state index contributed by atoms with van der Waals surface area (Å²) in [5.41, 5.74) is -3.16. The number of aromatic hydroxyl groups is 1. The van der Waals surface area contributed by atoms with E-state index in [4.69, 9.17) is 5.26 Å². The van der Waals surface area contributed by atoms with Crippen LogP contribution < -0.4 is 0 Å². The van der Waals surface area contributed by atoms with Crippen LogP contribution in [0.4, 0.5) is 48.3 Å². The van der Waals surface area contributed by atoms with Gasteiger partial charge in [-0.15, -0.1) is 0 Å². The van der Waals surface area contributed by atoms with Gasteiger partial charge in [0.1, 0.15) is 11.2 Å². The molecular weight excluding hydrogens is 455 g/mol. The Balaban J connectivity index is 2.40. The fourth-order valence-electron chi connectivity index (χ4n) is 3.56. The van der Waals surface area contributed by atoms with Crippen molar-refractivity contribution in [1.82, 2.24) is 0 Å². The van der Waals surface area contributed by atoms with Crippen LogP contribution in [0.5, 0.6) is 5.75 Å². The maximum Gasteiger partial charge on any atom is 0.460 e. The van der Waals surface area contributed by atoms with E-state index >= 15 is 0 Å². The van der Waals surface area contributed by atoms with Crippen molar-refractivity contribution in [2.75, 3.05) is 0 Å². The zero-order valence-corrected chi connectivity index (χ0v) is 15.3. The highest BCUT2D eigenvalue weighted by molar-refractivity contribution is 5.29. The Morgan fingerprint density at radius 2 is 1.23 bits per heavy atom. The number of alkyl halides is 11. The standard InChI is InChI=1S/C18H14F11NO/c19-14(20,15(21,22)16(23,24)17(25,26)18(27,28)29)13(9-30)7-5-11(6-8-13)10-1-3-12(31)4-2-10/h1-4,11,31H,5-8H2. The van der Waals surface area contributed by atoms with Gasteiger partial charge in [0.15, 0.2) is 0 Å². The molecule has 1 fully saturated rings. The van der Waals surface area contributed by atoms with Gasteiger partial charge in [0.2, 0.25) is 0 Å². The molecule has 1 aliphatic carbocycles. The second-order valence-corrected chi connectivity index (χ2v) is 7.36. The van der Waals surface area contributed by atoms with Gasteiger partial charge in [-0.05, 0) is 49.3 Å². The van der Waals surface area contributed by atoms with Crippen molar-refractivity contribution in [3.8, 4) is 11.8 Å². The van der Waals surface area contributed by atoms with Gasteiger partial charge in [0, 0.05) is 0 Å². The van der Waals surface area contributed by atoms with Crippen LogP contribution in [0.2, 0.25) is 0 Å². The molecule has 0 radical (unpaired) electrons. The highest BCUT2D eigenvalue weighted by Gasteiger charge is 2.89. The maximum atomic E-state index is 14.6. The minimum atomic E-state index is -7.53. The number of rotatable bonds is 5. The molecule has 2 rings (SSSR count). The number of phenolic OH excluding ortho intramolecular Hbond substituents is 1. The fourth-order valence-corrected chi connectivity index (χ4v) is 3.56. The Kier molecular flexibility index (Phi) is 5.98. The molecule has 1 aromatic carbocycles. The first-order valence-electron chi connectivity index (χ1n) is 8.66. The fraction of sp³-hybridized carbons (Fsp3) is 0.611. The molecule has 0 spiro atoms. The van der Waals surface area contributed by atoms with Crippen LogP contribution in [-0.2, 0) is 0 Å². The average Bonchev–Trinajstić information content (AvgIpc) is 2.67. The summed E-state index contributed by atoms with van der Waals surface area (Å²) in [4.78, 5) is 0. The lowest BCUT2D eigenvalue weighted by Gasteiger charge is -2.45. The van der Waals surface area contributed by atoms with E-state index in [9.17, 15) is 53.4 Å². The first-order chi connectivity index (χ1) is 13.9.